The van der Waals surface area contributed by atoms with Crippen LogP contribution >= 0.6 is 0 Å². The second kappa shape index (κ2) is 4.59. The summed E-state index contributed by atoms with van der Waals surface area (Å²) in [6, 6.07) is 5.09. The molecular weight excluding hydrogens is 234 g/mol. The molecule has 2 heterocycles. The van der Waals surface area contributed by atoms with Gasteiger partial charge in [0.15, 0.2) is 0 Å². The monoisotopic (exact) mass is 252 g/mol. The van der Waals surface area contributed by atoms with Gasteiger partial charge in [-0.15, -0.1) is 0 Å². The number of nitrogens with zero attached hydrogens (tertiary/aromatic N) is 1. The molecule has 2 unspecified atom stereocenters. The van der Waals surface area contributed by atoms with E-state index in [1.54, 1.807) is 6.07 Å². The van der Waals surface area contributed by atoms with Crippen molar-refractivity contribution in [3.63, 3.8) is 0 Å². The molecule has 2 nitrogen and oxygen atoms in total. The van der Waals surface area contributed by atoms with Crippen LogP contribution in [0, 0.1) is 11.6 Å². The fourth-order valence-electron chi connectivity index (χ4n) is 3.42. The maximum Gasteiger partial charge on any atom is 0.130 e. The first-order valence-electron chi connectivity index (χ1n) is 6.59. The van der Waals surface area contributed by atoms with Gasteiger partial charge in [-0.2, -0.15) is 0 Å². The molecule has 2 N–H and O–H groups in total. The number of benzene rings is 1. The van der Waals surface area contributed by atoms with Crippen LogP contribution in [0.5, 0.6) is 0 Å². The molecule has 98 valence electrons. The molecule has 0 radical (unpaired) electrons. The molecule has 2 fully saturated rings. The highest BCUT2D eigenvalue weighted by atomic mass is 19.1. The van der Waals surface area contributed by atoms with Crippen LogP contribution in [-0.2, 0) is 6.54 Å². The number of rotatable bonds is 2. The number of hydrogen-bond acceptors (Lipinski definition) is 2. The summed E-state index contributed by atoms with van der Waals surface area (Å²) in [6.45, 7) is 0.578. The maximum absolute atomic E-state index is 13.7. The zero-order valence-corrected chi connectivity index (χ0v) is 10.3. The van der Waals surface area contributed by atoms with Crippen molar-refractivity contribution in [3.05, 3.63) is 35.4 Å². The number of fused-ring (bicyclic) bond motifs is 2. The Morgan fingerprint density at radius 1 is 1.17 bits per heavy atom. The molecule has 1 aromatic carbocycles. The van der Waals surface area contributed by atoms with Crippen LogP contribution in [0.1, 0.15) is 31.2 Å². The van der Waals surface area contributed by atoms with E-state index in [4.69, 9.17) is 5.73 Å². The van der Waals surface area contributed by atoms with E-state index in [9.17, 15) is 8.78 Å². The lowest BCUT2D eigenvalue weighted by atomic mass is 9.97. The van der Waals surface area contributed by atoms with Crippen LogP contribution < -0.4 is 5.73 Å². The largest absolute Gasteiger partial charge is 0.328 e. The van der Waals surface area contributed by atoms with E-state index < -0.39 is 11.6 Å². The van der Waals surface area contributed by atoms with Crippen molar-refractivity contribution >= 4 is 0 Å². The minimum Gasteiger partial charge on any atom is -0.328 e. The average Bonchev–Trinajstić information content (AvgIpc) is 2.56. The summed E-state index contributed by atoms with van der Waals surface area (Å²) in [4.78, 5) is 2.35. The lowest BCUT2D eigenvalue weighted by Crippen LogP contribution is -2.46. The summed E-state index contributed by atoms with van der Waals surface area (Å²) in [5.41, 5.74) is 6.60. The Morgan fingerprint density at radius 3 is 2.44 bits per heavy atom. The molecule has 2 bridgehead atoms. The van der Waals surface area contributed by atoms with E-state index in [-0.39, 0.29) is 6.04 Å². The second-order valence-electron chi connectivity index (χ2n) is 5.52. The summed E-state index contributed by atoms with van der Waals surface area (Å²) in [5.74, 6) is -0.954. The summed E-state index contributed by atoms with van der Waals surface area (Å²) < 4.78 is 26.5. The van der Waals surface area contributed by atoms with E-state index >= 15 is 0 Å². The van der Waals surface area contributed by atoms with E-state index in [1.165, 1.54) is 6.07 Å². The van der Waals surface area contributed by atoms with Gasteiger partial charge in [-0.1, -0.05) is 6.07 Å². The summed E-state index contributed by atoms with van der Waals surface area (Å²) in [6.07, 6.45) is 4.31. The van der Waals surface area contributed by atoms with Gasteiger partial charge in [0, 0.05) is 36.3 Å². The first-order chi connectivity index (χ1) is 8.63. The van der Waals surface area contributed by atoms with Gasteiger partial charge in [-0.3, -0.25) is 4.90 Å². The van der Waals surface area contributed by atoms with Gasteiger partial charge >= 0.3 is 0 Å². The van der Waals surface area contributed by atoms with Gasteiger partial charge in [0.25, 0.3) is 0 Å². The van der Waals surface area contributed by atoms with Crippen molar-refractivity contribution in [1.29, 1.82) is 0 Å². The summed E-state index contributed by atoms with van der Waals surface area (Å²) >= 11 is 0. The average molecular weight is 252 g/mol. The zero-order chi connectivity index (χ0) is 12.7. The topological polar surface area (TPSA) is 29.3 Å². The molecule has 1 aromatic rings. The molecule has 2 atom stereocenters. The highest BCUT2D eigenvalue weighted by Crippen LogP contribution is 2.36. The predicted octanol–water partition coefficient (Wildman–Crippen LogP) is 2.42. The zero-order valence-electron chi connectivity index (χ0n) is 10.3. The Balaban J connectivity index is 1.77. The number of hydrogen-bond donors (Lipinski definition) is 1. The minimum atomic E-state index is -0.514. The number of nitrogens with two attached hydrogens (primary N) is 1. The third kappa shape index (κ3) is 2.15. The van der Waals surface area contributed by atoms with E-state index in [0.29, 0.717) is 24.2 Å². The van der Waals surface area contributed by atoms with Gasteiger partial charge < -0.3 is 5.73 Å². The Hall–Kier alpha value is -1.00. The first kappa shape index (κ1) is 12.1. The molecule has 2 aliphatic heterocycles. The molecule has 0 aromatic heterocycles. The first-order valence-corrected chi connectivity index (χ1v) is 6.59. The van der Waals surface area contributed by atoms with Crippen LogP contribution in [0.2, 0.25) is 0 Å². The summed E-state index contributed by atoms with van der Waals surface area (Å²) in [5, 5.41) is 0. The quantitative estimate of drug-likeness (QED) is 0.876. The molecule has 0 aliphatic carbocycles. The number of piperidine rings is 1. The Morgan fingerprint density at radius 2 is 1.83 bits per heavy atom. The van der Waals surface area contributed by atoms with Crippen molar-refractivity contribution in [2.75, 3.05) is 0 Å². The molecule has 0 spiro atoms. The maximum atomic E-state index is 13.7. The molecular formula is C14H18F2N2. The van der Waals surface area contributed by atoms with Crippen LogP contribution in [0.25, 0.3) is 0 Å². The molecule has 0 amide bonds. The Kier molecular flexibility index (Phi) is 3.08. The van der Waals surface area contributed by atoms with E-state index in [0.717, 1.165) is 31.7 Å². The Bertz CT molecular complexity index is 435. The molecule has 3 rings (SSSR count). The normalized spacial score (nSPS) is 31.8. The SMILES string of the molecule is NC1CC2CCC(C1)N2Cc1ccc(F)cc1F. The fraction of sp³-hybridized carbons (Fsp3) is 0.571. The van der Waals surface area contributed by atoms with E-state index in [2.05, 4.69) is 4.90 Å². The van der Waals surface area contributed by atoms with Gasteiger partial charge in [0.1, 0.15) is 11.6 Å². The molecule has 2 saturated heterocycles. The lowest BCUT2D eigenvalue weighted by Gasteiger charge is -2.37. The smallest absolute Gasteiger partial charge is 0.130 e. The minimum absolute atomic E-state index is 0.289. The van der Waals surface area contributed by atoms with Crippen molar-refractivity contribution in [3.8, 4) is 0 Å². The third-order valence-corrected chi connectivity index (χ3v) is 4.29. The standard InChI is InChI=1S/C14H18F2N2/c15-10-2-1-9(14(16)5-10)8-18-12-3-4-13(18)7-11(17)6-12/h1-2,5,11-13H,3-4,6-8,17H2. The lowest BCUT2D eigenvalue weighted by molar-refractivity contribution is 0.118. The van der Waals surface area contributed by atoms with Crippen molar-refractivity contribution in [2.45, 2.75) is 50.4 Å². The van der Waals surface area contributed by atoms with Crippen molar-refractivity contribution < 1.29 is 8.78 Å². The molecule has 18 heavy (non-hydrogen) atoms. The van der Waals surface area contributed by atoms with Crippen LogP contribution in [0.15, 0.2) is 18.2 Å². The molecule has 0 saturated carbocycles. The van der Waals surface area contributed by atoms with Gasteiger partial charge in [-0.25, -0.2) is 8.78 Å². The molecule has 4 heteroatoms. The molecule has 2 aliphatic rings. The van der Waals surface area contributed by atoms with Gasteiger partial charge in [-0.05, 0) is 31.7 Å². The van der Waals surface area contributed by atoms with Gasteiger partial charge in [0.2, 0.25) is 0 Å². The Labute approximate surface area is 106 Å². The second-order valence-corrected chi connectivity index (χ2v) is 5.52. The summed E-state index contributed by atoms with van der Waals surface area (Å²) in [7, 11) is 0. The van der Waals surface area contributed by atoms with Crippen LogP contribution in [0.3, 0.4) is 0 Å². The van der Waals surface area contributed by atoms with Crippen LogP contribution in [0.4, 0.5) is 8.78 Å². The van der Waals surface area contributed by atoms with Crippen molar-refractivity contribution in [2.24, 2.45) is 5.73 Å². The van der Waals surface area contributed by atoms with Crippen molar-refractivity contribution in [1.82, 2.24) is 4.90 Å². The highest BCUT2D eigenvalue weighted by molar-refractivity contribution is 5.19. The predicted molar refractivity (Wildman–Crippen MR) is 65.9 cm³/mol. The van der Waals surface area contributed by atoms with Gasteiger partial charge in [0.05, 0.1) is 0 Å². The van der Waals surface area contributed by atoms with Crippen LogP contribution in [-0.4, -0.2) is 23.0 Å². The fourth-order valence-corrected chi connectivity index (χ4v) is 3.42. The van der Waals surface area contributed by atoms with E-state index in [1.807, 2.05) is 0 Å². The highest BCUT2D eigenvalue weighted by Gasteiger charge is 2.39. The third-order valence-electron chi connectivity index (χ3n) is 4.29. The number of halogens is 2.